The van der Waals surface area contributed by atoms with Gasteiger partial charge in [-0.3, -0.25) is 4.79 Å². The SMILES string of the molecule is CCOC(C)c1nc(CC(=O)NC(C)C(C)CO)cs1. The van der Waals surface area contributed by atoms with Crippen LogP contribution in [-0.4, -0.2) is 35.3 Å². The molecule has 1 aromatic heterocycles. The average Bonchev–Trinajstić information content (AvgIpc) is 2.86. The van der Waals surface area contributed by atoms with E-state index >= 15 is 0 Å². The normalized spacial score (nSPS) is 15.7. The van der Waals surface area contributed by atoms with Gasteiger partial charge < -0.3 is 15.2 Å². The van der Waals surface area contributed by atoms with Crippen molar-refractivity contribution in [3.05, 3.63) is 16.1 Å². The number of aromatic nitrogens is 1. The molecular weight excluding hydrogens is 276 g/mol. The average molecular weight is 300 g/mol. The number of ether oxygens (including phenoxy) is 1. The first-order valence-electron chi connectivity index (χ1n) is 6.94. The highest BCUT2D eigenvalue weighted by Gasteiger charge is 2.16. The summed E-state index contributed by atoms with van der Waals surface area (Å²) in [6.45, 7) is 8.40. The number of rotatable bonds is 8. The molecule has 3 unspecified atom stereocenters. The Balaban J connectivity index is 2.50. The van der Waals surface area contributed by atoms with Crippen molar-refractivity contribution in [2.75, 3.05) is 13.2 Å². The standard InChI is InChI=1S/C14H24N2O3S/c1-5-19-11(4)14-16-12(8-20-14)6-13(18)15-10(3)9(2)7-17/h8-11,17H,5-7H2,1-4H3,(H,15,18). The van der Waals surface area contributed by atoms with Crippen molar-refractivity contribution in [2.45, 2.75) is 46.3 Å². The minimum atomic E-state index is -0.0706. The number of hydrogen-bond donors (Lipinski definition) is 2. The van der Waals surface area contributed by atoms with E-state index in [1.807, 2.05) is 33.1 Å². The van der Waals surface area contributed by atoms with Gasteiger partial charge in [-0.2, -0.15) is 0 Å². The molecule has 0 spiro atoms. The van der Waals surface area contributed by atoms with Gasteiger partial charge in [-0.05, 0) is 26.7 Å². The third-order valence-corrected chi connectivity index (χ3v) is 4.26. The third kappa shape index (κ3) is 5.19. The maximum Gasteiger partial charge on any atom is 0.226 e. The monoisotopic (exact) mass is 300 g/mol. The van der Waals surface area contributed by atoms with Crippen LogP contribution >= 0.6 is 11.3 Å². The number of hydrogen-bond acceptors (Lipinski definition) is 5. The fourth-order valence-electron chi connectivity index (χ4n) is 1.68. The van der Waals surface area contributed by atoms with Crippen LogP contribution in [0.15, 0.2) is 5.38 Å². The fourth-order valence-corrected chi connectivity index (χ4v) is 2.50. The molecule has 0 saturated heterocycles. The molecule has 20 heavy (non-hydrogen) atoms. The number of aliphatic hydroxyl groups is 1. The zero-order valence-electron chi connectivity index (χ0n) is 12.5. The van der Waals surface area contributed by atoms with Crippen molar-refractivity contribution in [3.8, 4) is 0 Å². The van der Waals surface area contributed by atoms with Gasteiger partial charge in [-0.1, -0.05) is 6.92 Å². The highest BCUT2D eigenvalue weighted by atomic mass is 32.1. The minimum Gasteiger partial charge on any atom is -0.396 e. The minimum absolute atomic E-state index is 0.0323. The van der Waals surface area contributed by atoms with Crippen LogP contribution in [0.2, 0.25) is 0 Å². The summed E-state index contributed by atoms with van der Waals surface area (Å²) in [4.78, 5) is 16.3. The van der Waals surface area contributed by atoms with Crippen LogP contribution in [0.3, 0.4) is 0 Å². The molecule has 5 nitrogen and oxygen atoms in total. The molecule has 0 aromatic carbocycles. The van der Waals surface area contributed by atoms with Gasteiger partial charge >= 0.3 is 0 Å². The Bertz CT molecular complexity index is 422. The lowest BCUT2D eigenvalue weighted by Crippen LogP contribution is -2.39. The number of nitrogens with one attached hydrogen (secondary N) is 1. The summed E-state index contributed by atoms with van der Waals surface area (Å²) >= 11 is 1.51. The van der Waals surface area contributed by atoms with Gasteiger partial charge in [0.05, 0.1) is 12.1 Å². The van der Waals surface area contributed by atoms with E-state index in [9.17, 15) is 4.79 Å². The fraction of sp³-hybridized carbons (Fsp3) is 0.714. The summed E-state index contributed by atoms with van der Waals surface area (Å²) in [5.41, 5.74) is 0.762. The third-order valence-electron chi connectivity index (χ3n) is 3.21. The number of amides is 1. The van der Waals surface area contributed by atoms with Gasteiger partial charge in [0.1, 0.15) is 11.1 Å². The molecule has 3 atom stereocenters. The van der Waals surface area contributed by atoms with Crippen LogP contribution in [-0.2, 0) is 16.0 Å². The van der Waals surface area contributed by atoms with Gasteiger partial charge in [0.2, 0.25) is 5.91 Å². The first-order valence-corrected chi connectivity index (χ1v) is 7.82. The summed E-state index contributed by atoms with van der Waals surface area (Å²) < 4.78 is 5.48. The predicted molar refractivity (Wildman–Crippen MR) is 79.7 cm³/mol. The maximum absolute atomic E-state index is 11.9. The van der Waals surface area contributed by atoms with E-state index in [4.69, 9.17) is 9.84 Å². The first kappa shape index (κ1) is 17.1. The lowest BCUT2D eigenvalue weighted by molar-refractivity contribution is -0.121. The summed E-state index contributed by atoms with van der Waals surface area (Å²) in [6.07, 6.45) is 0.229. The van der Waals surface area contributed by atoms with Crippen LogP contribution in [0.4, 0.5) is 0 Å². The number of thiazole rings is 1. The largest absolute Gasteiger partial charge is 0.396 e. The van der Waals surface area contributed by atoms with Crippen molar-refractivity contribution < 1.29 is 14.6 Å². The summed E-state index contributed by atoms with van der Waals surface area (Å²) in [5.74, 6) is -0.0263. The molecular formula is C14H24N2O3S. The van der Waals surface area contributed by atoms with Gasteiger partial charge in [-0.15, -0.1) is 11.3 Å². The molecule has 0 aliphatic rings. The molecule has 114 valence electrons. The van der Waals surface area contributed by atoms with Crippen molar-refractivity contribution in [1.29, 1.82) is 0 Å². The second-order valence-corrected chi connectivity index (χ2v) is 5.86. The molecule has 2 N–H and O–H groups in total. The molecule has 0 saturated carbocycles. The van der Waals surface area contributed by atoms with E-state index in [0.717, 1.165) is 10.7 Å². The number of nitrogens with zero attached hydrogens (tertiary/aromatic N) is 1. The maximum atomic E-state index is 11.9. The molecule has 0 fully saturated rings. The highest BCUT2D eigenvalue weighted by molar-refractivity contribution is 7.09. The molecule has 0 aliphatic carbocycles. The van der Waals surface area contributed by atoms with Crippen molar-refractivity contribution in [1.82, 2.24) is 10.3 Å². The quantitative estimate of drug-likeness (QED) is 0.769. The predicted octanol–water partition coefficient (Wildman–Crippen LogP) is 1.92. The Labute approximate surface area is 124 Å². The molecule has 6 heteroatoms. The summed E-state index contributed by atoms with van der Waals surface area (Å²) in [5, 5.41) is 14.7. The Hall–Kier alpha value is -0.980. The van der Waals surface area contributed by atoms with Crippen molar-refractivity contribution in [3.63, 3.8) is 0 Å². The van der Waals surface area contributed by atoms with E-state index in [2.05, 4.69) is 10.3 Å². The van der Waals surface area contributed by atoms with Crippen LogP contribution < -0.4 is 5.32 Å². The zero-order chi connectivity index (χ0) is 15.1. The van der Waals surface area contributed by atoms with Crippen LogP contribution in [0.25, 0.3) is 0 Å². The first-order chi connectivity index (χ1) is 9.47. The number of carbonyl (C=O) groups excluding carboxylic acids is 1. The van der Waals surface area contributed by atoms with Crippen LogP contribution in [0, 0.1) is 5.92 Å². The van der Waals surface area contributed by atoms with E-state index < -0.39 is 0 Å². The summed E-state index contributed by atoms with van der Waals surface area (Å²) in [7, 11) is 0. The van der Waals surface area contributed by atoms with Gasteiger partial charge in [0, 0.05) is 24.6 Å². The molecule has 0 bridgehead atoms. The zero-order valence-corrected chi connectivity index (χ0v) is 13.4. The number of aliphatic hydroxyl groups excluding tert-OH is 1. The smallest absolute Gasteiger partial charge is 0.226 e. The van der Waals surface area contributed by atoms with E-state index in [1.54, 1.807) is 0 Å². The summed E-state index contributed by atoms with van der Waals surface area (Å²) in [6, 6.07) is -0.0482. The van der Waals surface area contributed by atoms with E-state index in [-0.39, 0.29) is 37.0 Å². The Morgan fingerprint density at radius 2 is 2.20 bits per heavy atom. The second kappa shape index (κ2) is 8.34. The Kier molecular flexibility index (Phi) is 7.12. The molecule has 1 heterocycles. The Morgan fingerprint density at radius 1 is 1.50 bits per heavy atom. The lowest BCUT2D eigenvalue weighted by Gasteiger charge is -2.18. The van der Waals surface area contributed by atoms with Crippen LogP contribution in [0.5, 0.6) is 0 Å². The molecule has 0 aliphatic heterocycles. The highest BCUT2D eigenvalue weighted by Crippen LogP contribution is 2.21. The second-order valence-electron chi connectivity index (χ2n) is 4.97. The molecule has 1 aromatic rings. The molecule has 0 radical (unpaired) electrons. The van der Waals surface area contributed by atoms with Crippen molar-refractivity contribution in [2.24, 2.45) is 5.92 Å². The van der Waals surface area contributed by atoms with E-state index in [0.29, 0.717) is 6.61 Å². The van der Waals surface area contributed by atoms with Crippen LogP contribution in [0.1, 0.15) is 44.5 Å². The van der Waals surface area contributed by atoms with E-state index in [1.165, 1.54) is 11.3 Å². The van der Waals surface area contributed by atoms with Gasteiger partial charge in [0.25, 0.3) is 0 Å². The van der Waals surface area contributed by atoms with Gasteiger partial charge in [-0.25, -0.2) is 4.98 Å². The van der Waals surface area contributed by atoms with Crippen molar-refractivity contribution >= 4 is 17.2 Å². The number of carbonyl (C=O) groups is 1. The lowest BCUT2D eigenvalue weighted by atomic mass is 10.1. The molecule has 1 rings (SSSR count). The Morgan fingerprint density at radius 3 is 2.80 bits per heavy atom. The topological polar surface area (TPSA) is 71.5 Å². The van der Waals surface area contributed by atoms with Gasteiger partial charge in [0.15, 0.2) is 0 Å². The molecule has 1 amide bonds.